The average molecular weight is 480 g/mol. The number of halogens is 3. The van der Waals surface area contributed by atoms with Gasteiger partial charge in [0.15, 0.2) is 16.6 Å². The van der Waals surface area contributed by atoms with Crippen LogP contribution in [0, 0.1) is 18.8 Å². The first kappa shape index (κ1) is 23.9. The van der Waals surface area contributed by atoms with Gasteiger partial charge < -0.3 is 19.4 Å². The SMILES string of the molecule is COc1cc(C#Cc2sc(NC(=O)NCCn3cnc(C(F)(F)F)c3)nc2C)cnc1OC. The number of carbonyl (C=O) groups is 1. The van der Waals surface area contributed by atoms with Gasteiger partial charge >= 0.3 is 12.2 Å². The van der Waals surface area contributed by atoms with Crippen LogP contribution in [0.4, 0.5) is 23.1 Å². The third kappa shape index (κ3) is 6.36. The molecule has 0 aliphatic rings. The highest BCUT2D eigenvalue weighted by Crippen LogP contribution is 2.27. The topological polar surface area (TPSA) is 103 Å². The summed E-state index contributed by atoms with van der Waals surface area (Å²) in [5.41, 5.74) is 0.262. The average Bonchev–Trinajstić information content (AvgIpc) is 3.38. The summed E-state index contributed by atoms with van der Waals surface area (Å²) in [6, 6.07) is 1.16. The molecule has 0 aromatic carbocycles. The highest BCUT2D eigenvalue weighted by molar-refractivity contribution is 7.16. The summed E-state index contributed by atoms with van der Waals surface area (Å²) in [6.45, 7) is 1.99. The van der Waals surface area contributed by atoms with Crippen LogP contribution in [0.5, 0.6) is 11.6 Å². The number of anilines is 1. The third-order valence-electron chi connectivity index (χ3n) is 4.15. The summed E-state index contributed by atoms with van der Waals surface area (Å²) < 4.78 is 49.2. The van der Waals surface area contributed by atoms with Crippen LogP contribution in [-0.2, 0) is 12.7 Å². The smallest absolute Gasteiger partial charge is 0.434 e. The maximum Gasteiger partial charge on any atom is 0.434 e. The summed E-state index contributed by atoms with van der Waals surface area (Å²) in [5, 5.41) is 5.48. The quantitative estimate of drug-likeness (QED) is 0.525. The summed E-state index contributed by atoms with van der Waals surface area (Å²) in [7, 11) is 2.99. The van der Waals surface area contributed by atoms with E-state index in [2.05, 4.69) is 37.4 Å². The standard InChI is InChI=1S/C20H19F3N6O3S/c1-12-15(5-4-13-8-14(31-2)17(32-3)25-9-13)33-19(27-12)28-18(30)24-6-7-29-10-16(26-11-29)20(21,22)23/h8-11H,6-7H2,1-3H3,(H2,24,27,28,30). The minimum atomic E-state index is -4.50. The van der Waals surface area contributed by atoms with Crippen LogP contribution >= 0.6 is 11.3 Å². The molecular formula is C20H19F3N6O3S. The molecule has 0 bridgehead atoms. The van der Waals surface area contributed by atoms with Gasteiger partial charge in [0.2, 0.25) is 0 Å². The number of amides is 2. The number of alkyl halides is 3. The summed E-state index contributed by atoms with van der Waals surface area (Å²) in [4.78, 5) is 24.4. The number of rotatable bonds is 6. The van der Waals surface area contributed by atoms with Crippen LogP contribution < -0.4 is 20.1 Å². The Hall–Kier alpha value is -3.79. The lowest BCUT2D eigenvalue weighted by Crippen LogP contribution is -2.31. The predicted molar refractivity (Wildman–Crippen MR) is 114 cm³/mol. The molecule has 174 valence electrons. The number of aryl methyl sites for hydroxylation is 1. The molecule has 0 aliphatic carbocycles. The first-order chi connectivity index (χ1) is 15.7. The molecular weight excluding hydrogens is 461 g/mol. The second kappa shape index (κ2) is 10.2. The zero-order valence-electron chi connectivity index (χ0n) is 17.8. The highest BCUT2D eigenvalue weighted by Gasteiger charge is 2.33. The number of pyridine rings is 1. The number of carbonyl (C=O) groups excluding carboxylic acids is 1. The minimum Gasteiger partial charge on any atom is -0.491 e. The minimum absolute atomic E-state index is 0.100. The van der Waals surface area contributed by atoms with Crippen molar-refractivity contribution in [1.82, 2.24) is 24.8 Å². The fourth-order valence-electron chi connectivity index (χ4n) is 2.56. The number of thiazole rings is 1. The van der Waals surface area contributed by atoms with Crippen molar-refractivity contribution < 1.29 is 27.4 Å². The van der Waals surface area contributed by atoms with E-state index in [0.717, 1.165) is 12.5 Å². The van der Waals surface area contributed by atoms with Crippen LogP contribution in [-0.4, -0.2) is 46.3 Å². The van der Waals surface area contributed by atoms with Crippen molar-refractivity contribution in [1.29, 1.82) is 0 Å². The van der Waals surface area contributed by atoms with E-state index in [9.17, 15) is 18.0 Å². The normalized spacial score (nSPS) is 10.8. The van der Waals surface area contributed by atoms with E-state index in [4.69, 9.17) is 9.47 Å². The summed E-state index contributed by atoms with van der Waals surface area (Å²) in [5.74, 6) is 6.76. The van der Waals surface area contributed by atoms with Gasteiger partial charge in [-0.3, -0.25) is 5.32 Å². The fourth-order valence-corrected chi connectivity index (χ4v) is 3.38. The number of aromatic nitrogens is 4. The molecule has 0 atom stereocenters. The Morgan fingerprint density at radius 2 is 2.03 bits per heavy atom. The van der Waals surface area contributed by atoms with Crippen LogP contribution in [0.15, 0.2) is 24.8 Å². The molecule has 0 aliphatic heterocycles. The molecule has 0 saturated heterocycles. The summed E-state index contributed by atoms with van der Waals surface area (Å²) >= 11 is 1.19. The van der Waals surface area contributed by atoms with Gasteiger partial charge in [0.25, 0.3) is 5.88 Å². The molecule has 33 heavy (non-hydrogen) atoms. The second-order valence-corrected chi connectivity index (χ2v) is 7.49. The number of nitrogens with one attached hydrogen (secondary N) is 2. The molecule has 0 fully saturated rings. The van der Waals surface area contributed by atoms with Gasteiger partial charge in [-0.1, -0.05) is 17.3 Å². The zero-order chi connectivity index (χ0) is 24.0. The van der Waals surface area contributed by atoms with Crippen LogP contribution in [0.25, 0.3) is 0 Å². The first-order valence-corrected chi connectivity index (χ1v) is 10.2. The molecule has 13 heteroatoms. The van der Waals surface area contributed by atoms with E-state index in [0.29, 0.717) is 32.9 Å². The maximum atomic E-state index is 12.6. The van der Waals surface area contributed by atoms with E-state index >= 15 is 0 Å². The molecule has 0 spiro atoms. The highest BCUT2D eigenvalue weighted by atomic mass is 32.1. The van der Waals surface area contributed by atoms with E-state index in [1.165, 1.54) is 30.1 Å². The number of hydrogen-bond acceptors (Lipinski definition) is 7. The Labute approximate surface area is 191 Å². The molecule has 0 saturated carbocycles. The van der Waals surface area contributed by atoms with Crippen molar-refractivity contribution in [3.63, 3.8) is 0 Å². The Balaban J connectivity index is 1.56. The van der Waals surface area contributed by atoms with Crippen molar-refractivity contribution in [3.8, 4) is 23.5 Å². The number of imidazole rings is 1. The van der Waals surface area contributed by atoms with E-state index in [-0.39, 0.29) is 13.1 Å². The number of hydrogen-bond donors (Lipinski definition) is 2. The van der Waals surface area contributed by atoms with E-state index < -0.39 is 17.9 Å². The summed E-state index contributed by atoms with van der Waals surface area (Å²) in [6.07, 6.45) is -1.02. The molecule has 9 nitrogen and oxygen atoms in total. The van der Waals surface area contributed by atoms with Gasteiger partial charge in [0, 0.05) is 37.1 Å². The number of nitrogens with zero attached hydrogens (tertiary/aromatic N) is 4. The van der Waals surface area contributed by atoms with Gasteiger partial charge in [-0.05, 0) is 12.8 Å². The largest absolute Gasteiger partial charge is 0.491 e. The van der Waals surface area contributed by atoms with Crippen LogP contribution in [0.2, 0.25) is 0 Å². The monoisotopic (exact) mass is 480 g/mol. The molecule has 3 rings (SSSR count). The van der Waals surface area contributed by atoms with E-state index in [1.807, 2.05) is 0 Å². The molecule has 3 aromatic heterocycles. The number of ether oxygens (including phenoxy) is 2. The molecule has 2 amide bonds. The lowest BCUT2D eigenvalue weighted by molar-refractivity contribution is -0.140. The molecule has 0 radical (unpaired) electrons. The fraction of sp³-hybridized carbons (Fsp3) is 0.300. The number of urea groups is 1. The van der Waals surface area contributed by atoms with Gasteiger partial charge in [-0.15, -0.1) is 0 Å². The maximum absolute atomic E-state index is 12.6. The van der Waals surface area contributed by atoms with Crippen LogP contribution in [0.1, 0.15) is 21.8 Å². The second-order valence-electron chi connectivity index (χ2n) is 6.49. The van der Waals surface area contributed by atoms with Crippen molar-refractivity contribution in [3.05, 3.63) is 46.6 Å². The van der Waals surface area contributed by atoms with Crippen LogP contribution in [0.3, 0.4) is 0 Å². The lowest BCUT2D eigenvalue weighted by Gasteiger charge is -2.06. The van der Waals surface area contributed by atoms with Crippen molar-refractivity contribution in [2.45, 2.75) is 19.6 Å². The Morgan fingerprint density at radius 1 is 1.24 bits per heavy atom. The molecule has 3 heterocycles. The number of methoxy groups -OCH3 is 2. The van der Waals surface area contributed by atoms with Gasteiger partial charge in [0.1, 0.15) is 4.88 Å². The first-order valence-electron chi connectivity index (χ1n) is 9.41. The van der Waals surface area contributed by atoms with Crippen molar-refractivity contribution in [2.24, 2.45) is 0 Å². The van der Waals surface area contributed by atoms with Gasteiger partial charge in [0.05, 0.1) is 26.2 Å². The Kier molecular flexibility index (Phi) is 7.39. The third-order valence-corrected chi connectivity index (χ3v) is 5.14. The van der Waals surface area contributed by atoms with Gasteiger partial charge in [-0.2, -0.15) is 13.2 Å². The predicted octanol–water partition coefficient (Wildman–Crippen LogP) is 3.30. The van der Waals surface area contributed by atoms with Crippen molar-refractivity contribution in [2.75, 3.05) is 26.1 Å². The zero-order valence-corrected chi connectivity index (χ0v) is 18.6. The molecule has 0 unspecified atom stereocenters. The van der Waals surface area contributed by atoms with Crippen molar-refractivity contribution >= 4 is 22.5 Å². The molecule has 3 aromatic rings. The Morgan fingerprint density at radius 3 is 2.70 bits per heavy atom. The lowest BCUT2D eigenvalue weighted by atomic mass is 10.2. The van der Waals surface area contributed by atoms with Gasteiger partial charge in [-0.25, -0.2) is 19.7 Å². The Bertz CT molecular complexity index is 1200. The molecule has 2 N–H and O–H groups in total. The van der Waals surface area contributed by atoms with E-state index in [1.54, 1.807) is 19.2 Å².